The Morgan fingerprint density at radius 1 is 1.15 bits per heavy atom. The van der Waals surface area contributed by atoms with Gasteiger partial charge in [-0.15, -0.1) is 0 Å². The number of nitrogens with zero attached hydrogens (tertiary/aromatic N) is 3. The van der Waals surface area contributed by atoms with Crippen LogP contribution in [0.5, 0.6) is 0 Å². The molecule has 0 bridgehead atoms. The maximum Gasteiger partial charge on any atom is 0.304 e. The number of carboxylic acids is 1. The Bertz CT molecular complexity index is 455. The van der Waals surface area contributed by atoms with Crippen LogP contribution in [0.4, 0.5) is 0 Å². The molecule has 116 valence electrons. The second-order valence-corrected chi connectivity index (χ2v) is 7.07. The lowest BCUT2D eigenvalue weighted by atomic mass is 10.3. The van der Waals surface area contributed by atoms with Gasteiger partial charge in [0.05, 0.1) is 18.7 Å². The van der Waals surface area contributed by atoms with Crippen LogP contribution < -0.4 is 0 Å². The average molecular weight is 307 g/mol. The topological polar surface area (TPSA) is 98.2 Å². The van der Waals surface area contributed by atoms with Crippen LogP contribution in [0.3, 0.4) is 0 Å². The average Bonchev–Trinajstić information content (AvgIpc) is 2.36. The van der Waals surface area contributed by atoms with Crippen molar-refractivity contribution in [2.45, 2.75) is 6.42 Å². The lowest BCUT2D eigenvalue weighted by Gasteiger charge is -2.34. The fraction of sp³-hybridized carbons (Fsp3) is 0.818. The first-order chi connectivity index (χ1) is 9.22. The zero-order chi connectivity index (χ0) is 15.3. The van der Waals surface area contributed by atoms with Gasteiger partial charge in [0.15, 0.2) is 0 Å². The summed E-state index contributed by atoms with van der Waals surface area (Å²) < 4.78 is 25.0. The monoisotopic (exact) mass is 307 g/mol. The van der Waals surface area contributed by atoms with Gasteiger partial charge >= 0.3 is 5.97 Å². The Hall–Kier alpha value is -1.19. The Labute approximate surface area is 119 Å². The molecule has 0 aliphatic carbocycles. The first-order valence-corrected chi connectivity index (χ1v) is 7.95. The normalized spacial score (nSPS) is 17.4. The zero-order valence-electron chi connectivity index (χ0n) is 11.8. The molecule has 1 aliphatic rings. The number of hydrogen-bond acceptors (Lipinski definition) is 5. The summed E-state index contributed by atoms with van der Waals surface area (Å²) >= 11 is 0. The quantitative estimate of drug-likeness (QED) is 0.641. The smallest absolute Gasteiger partial charge is 0.304 e. The molecule has 0 aromatic rings. The summed E-state index contributed by atoms with van der Waals surface area (Å²) in [5.41, 5.74) is 0. The molecule has 0 aromatic carbocycles. The highest BCUT2D eigenvalue weighted by molar-refractivity contribution is 7.89. The molecule has 20 heavy (non-hydrogen) atoms. The largest absolute Gasteiger partial charge is 0.481 e. The summed E-state index contributed by atoms with van der Waals surface area (Å²) in [5.74, 6) is -1.56. The minimum absolute atomic E-state index is 0.0300. The summed E-state index contributed by atoms with van der Waals surface area (Å²) in [7, 11) is 0.0458. The molecule has 1 saturated heterocycles. The molecule has 0 aromatic heterocycles. The van der Waals surface area contributed by atoms with Crippen molar-refractivity contribution in [1.82, 2.24) is 14.1 Å². The number of rotatable bonds is 6. The van der Waals surface area contributed by atoms with Gasteiger partial charge in [0.25, 0.3) is 0 Å². The summed E-state index contributed by atoms with van der Waals surface area (Å²) in [6.45, 7) is 1.44. The number of carbonyl (C=O) groups is 2. The van der Waals surface area contributed by atoms with E-state index in [9.17, 15) is 18.0 Å². The summed E-state index contributed by atoms with van der Waals surface area (Å²) in [4.78, 5) is 25.6. The number of likely N-dealkylation sites (N-methyl/N-ethyl adjacent to an activating group) is 1. The third-order valence-corrected chi connectivity index (χ3v) is 4.88. The second-order valence-electron chi connectivity index (χ2n) is 4.98. The van der Waals surface area contributed by atoms with Crippen molar-refractivity contribution >= 4 is 21.9 Å². The van der Waals surface area contributed by atoms with Gasteiger partial charge in [-0.3, -0.25) is 9.59 Å². The van der Waals surface area contributed by atoms with E-state index in [-0.39, 0.29) is 19.0 Å². The molecule has 0 saturated carbocycles. The molecule has 0 unspecified atom stereocenters. The Morgan fingerprint density at radius 2 is 1.70 bits per heavy atom. The predicted molar refractivity (Wildman–Crippen MR) is 72.7 cm³/mol. The van der Waals surface area contributed by atoms with E-state index in [4.69, 9.17) is 5.11 Å². The summed E-state index contributed by atoms with van der Waals surface area (Å²) in [6.07, 6.45) is -0.401. The minimum atomic E-state index is -3.55. The Balaban J connectivity index is 2.49. The van der Waals surface area contributed by atoms with Gasteiger partial charge in [-0.25, -0.2) is 8.42 Å². The maximum atomic E-state index is 11.9. The van der Waals surface area contributed by atoms with Crippen molar-refractivity contribution in [1.29, 1.82) is 0 Å². The van der Waals surface area contributed by atoms with Crippen LogP contribution in [0.25, 0.3) is 0 Å². The van der Waals surface area contributed by atoms with E-state index in [0.29, 0.717) is 19.6 Å². The van der Waals surface area contributed by atoms with Gasteiger partial charge in [-0.05, 0) is 14.1 Å². The molecule has 0 atom stereocenters. The third kappa shape index (κ3) is 5.06. The van der Waals surface area contributed by atoms with Crippen molar-refractivity contribution in [2.75, 3.05) is 52.6 Å². The van der Waals surface area contributed by atoms with Gasteiger partial charge in [-0.2, -0.15) is 4.31 Å². The SMILES string of the molecule is CN(C)CC(=O)N1CCN(S(=O)(=O)CCC(=O)O)CC1. The lowest BCUT2D eigenvalue weighted by molar-refractivity contribution is -0.136. The molecule has 0 radical (unpaired) electrons. The fourth-order valence-electron chi connectivity index (χ4n) is 1.93. The van der Waals surface area contributed by atoms with Crippen molar-refractivity contribution in [3.05, 3.63) is 0 Å². The molecular formula is C11H21N3O5S. The van der Waals surface area contributed by atoms with Crippen LogP contribution in [0.15, 0.2) is 0 Å². The van der Waals surface area contributed by atoms with E-state index in [2.05, 4.69) is 0 Å². The molecule has 1 fully saturated rings. The van der Waals surface area contributed by atoms with Crippen LogP contribution in [-0.2, 0) is 19.6 Å². The number of hydrogen-bond donors (Lipinski definition) is 1. The molecule has 9 heteroatoms. The van der Waals surface area contributed by atoms with Gasteiger partial charge in [0.2, 0.25) is 15.9 Å². The van der Waals surface area contributed by atoms with Gasteiger partial charge < -0.3 is 14.9 Å². The predicted octanol–water partition coefficient (Wildman–Crippen LogP) is -1.50. The number of piperazine rings is 1. The van der Waals surface area contributed by atoms with Crippen LogP contribution >= 0.6 is 0 Å². The highest BCUT2D eigenvalue weighted by Crippen LogP contribution is 2.09. The van der Waals surface area contributed by atoms with Gasteiger partial charge in [0, 0.05) is 26.2 Å². The third-order valence-electron chi connectivity index (χ3n) is 3.01. The van der Waals surface area contributed by atoms with E-state index < -0.39 is 28.2 Å². The summed E-state index contributed by atoms with van der Waals surface area (Å²) in [5, 5.41) is 8.53. The fourth-order valence-corrected chi connectivity index (χ4v) is 3.34. The molecule has 1 N–H and O–H groups in total. The zero-order valence-corrected chi connectivity index (χ0v) is 12.6. The van der Waals surface area contributed by atoms with Crippen molar-refractivity contribution < 1.29 is 23.1 Å². The van der Waals surface area contributed by atoms with E-state index in [1.54, 1.807) is 23.9 Å². The van der Waals surface area contributed by atoms with Crippen molar-refractivity contribution in [2.24, 2.45) is 0 Å². The molecule has 1 rings (SSSR count). The van der Waals surface area contributed by atoms with E-state index in [1.807, 2.05) is 0 Å². The highest BCUT2D eigenvalue weighted by Gasteiger charge is 2.29. The maximum absolute atomic E-state index is 11.9. The minimum Gasteiger partial charge on any atom is -0.481 e. The van der Waals surface area contributed by atoms with E-state index in [0.717, 1.165) is 0 Å². The number of carboxylic acid groups (broad SMARTS) is 1. The Kier molecular flexibility index (Phi) is 5.90. The molecule has 1 aliphatic heterocycles. The molecule has 8 nitrogen and oxygen atoms in total. The first kappa shape index (κ1) is 16.9. The van der Waals surface area contributed by atoms with Crippen LogP contribution in [0.1, 0.15) is 6.42 Å². The van der Waals surface area contributed by atoms with E-state index >= 15 is 0 Å². The molecular weight excluding hydrogens is 286 g/mol. The first-order valence-electron chi connectivity index (χ1n) is 6.34. The van der Waals surface area contributed by atoms with Gasteiger partial charge in [-0.1, -0.05) is 0 Å². The highest BCUT2D eigenvalue weighted by atomic mass is 32.2. The van der Waals surface area contributed by atoms with Crippen LogP contribution in [-0.4, -0.2) is 92.1 Å². The van der Waals surface area contributed by atoms with Gasteiger partial charge in [0.1, 0.15) is 0 Å². The van der Waals surface area contributed by atoms with Crippen molar-refractivity contribution in [3.63, 3.8) is 0 Å². The van der Waals surface area contributed by atoms with Crippen LogP contribution in [0, 0.1) is 0 Å². The van der Waals surface area contributed by atoms with Crippen LogP contribution in [0.2, 0.25) is 0 Å². The standard InChI is InChI=1S/C11H21N3O5S/c1-12(2)9-10(15)13-4-6-14(7-5-13)20(18,19)8-3-11(16)17/h3-9H2,1-2H3,(H,16,17). The van der Waals surface area contributed by atoms with Crippen molar-refractivity contribution in [3.8, 4) is 0 Å². The molecule has 1 heterocycles. The number of carbonyl (C=O) groups excluding carboxylic acids is 1. The number of sulfonamides is 1. The molecule has 0 spiro atoms. The number of aliphatic carboxylic acids is 1. The number of amides is 1. The Morgan fingerprint density at radius 3 is 2.15 bits per heavy atom. The lowest BCUT2D eigenvalue weighted by Crippen LogP contribution is -2.52. The summed E-state index contributed by atoms with van der Waals surface area (Å²) in [6, 6.07) is 0. The second kappa shape index (κ2) is 7.00. The molecule has 1 amide bonds. The van der Waals surface area contributed by atoms with E-state index in [1.165, 1.54) is 4.31 Å².